The lowest BCUT2D eigenvalue weighted by Crippen LogP contribution is -2.46. The summed E-state index contributed by atoms with van der Waals surface area (Å²) in [5, 5.41) is 0. The van der Waals surface area contributed by atoms with Crippen molar-refractivity contribution in [3.05, 3.63) is 108 Å². The highest BCUT2D eigenvalue weighted by molar-refractivity contribution is 5.34. The summed E-state index contributed by atoms with van der Waals surface area (Å²) >= 11 is 0. The van der Waals surface area contributed by atoms with E-state index in [0.717, 1.165) is 39.0 Å². The van der Waals surface area contributed by atoms with Crippen LogP contribution in [0.15, 0.2) is 91.6 Å². The number of likely N-dealkylation sites (N-methyl/N-ethyl adjacent to an activating group) is 1. The molecule has 0 bridgehead atoms. The van der Waals surface area contributed by atoms with Crippen LogP contribution in [0, 0.1) is 0 Å². The van der Waals surface area contributed by atoms with Crippen LogP contribution in [0.3, 0.4) is 0 Å². The first-order valence-corrected chi connectivity index (χ1v) is 10.2. The van der Waals surface area contributed by atoms with Crippen LogP contribution in [-0.2, 0) is 6.42 Å². The molecule has 2 nitrogen and oxygen atoms in total. The molecule has 2 aromatic carbocycles. The first-order valence-electron chi connectivity index (χ1n) is 10.2. The van der Waals surface area contributed by atoms with E-state index in [4.69, 9.17) is 0 Å². The van der Waals surface area contributed by atoms with E-state index in [1.165, 1.54) is 22.3 Å². The quantitative estimate of drug-likeness (QED) is 0.584. The molecule has 0 radical (unpaired) electrons. The van der Waals surface area contributed by atoms with Crippen molar-refractivity contribution in [1.82, 2.24) is 9.80 Å². The highest BCUT2D eigenvalue weighted by atomic mass is 15.3. The van der Waals surface area contributed by atoms with Crippen LogP contribution in [-0.4, -0.2) is 43.0 Å². The molecule has 1 atom stereocenters. The second-order valence-corrected chi connectivity index (χ2v) is 7.58. The van der Waals surface area contributed by atoms with Crippen LogP contribution < -0.4 is 0 Å². The molecule has 2 heteroatoms. The Morgan fingerprint density at radius 2 is 1.57 bits per heavy atom. The maximum absolute atomic E-state index is 3.89. The Kier molecular flexibility index (Phi) is 7.41. The molecular formula is C26H32N2. The Morgan fingerprint density at radius 3 is 2.18 bits per heavy atom. The monoisotopic (exact) mass is 372 g/mol. The van der Waals surface area contributed by atoms with Gasteiger partial charge in [-0.1, -0.05) is 86.0 Å². The molecular weight excluding hydrogens is 340 g/mol. The van der Waals surface area contributed by atoms with Crippen LogP contribution in [0.5, 0.6) is 0 Å². The van der Waals surface area contributed by atoms with Crippen molar-refractivity contribution < 1.29 is 0 Å². The molecule has 3 rings (SSSR count). The van der Waals surface area contributed by atoms with E-state index in [2.05, 4.69) is 84.6 Å². The molecule has 0 N–H and O–H groups in total. The van der Waals surface area contributed by atoms with Gasteiger partial charge in [0.1, 0.15) is 0 Å². The third-order valence-corrected chi connectivity index (χ3v) is 5.61. The van der Waals surface area contributed by atoms with E-state index in [0.29, 0.717) is 6.04 Å². The minimum atomic E-state index is 0.327. The SMILES string of the molecule is C=C/C=C(\C=C)CCc1ccc(C(c2ccccc2)N2CCN(C)CC2)cc1. The van der Waals surface area contributed by atoms with Crippen molar-refractivity contribution in [1.29, 1.82) is 0 Å². The van der Waals surface area contributed by atoms with Gasteiger partial charge in [-0.05, 0) is 42.2 Å². The van der Waals surface area contributed by atoms with Crippen LogP contribution in [0.2, 0.25) is 0 Å². The standard InChI is InChI=1S/C26H32N2/c1-4-9-22(5-2)12-13-23-14-16-25(17-15-23)26(24-10-7-6-8-11-24)28-20-18-27(3)19-21-28/h4-11,14-17,26H,1-2,12-13,18-21H2,3H3/b22-9+. The molecule has 28 heavy (non-hydrogen) atoms. The number of piperazine rings is 1. The minimum Gasteiger partial charge on any atom is -0.304 e. The predicted molar refractivity (Wildman–Crippen MR) is 121 cm³/mol. The first kappa shape index (κ1) is 20.3. The van der Waals surface area contributed by atoms with Crippen molar-refractivity contribution in [3.63, 3.8) is 0 Å². The molecule has 0 spiro atoms. The van der Waals surface area contributed by atoms with E-state index >= 15 is 0 Å². The van der Waals surface area contributed by atoms with Gasteiger partial charge in [0.05, 0.1) is 6.04 Å². The molecule has 0 amide bonds. The third kappa shape index (κ3) is 5.31. The maximum atomic E-state index is 3.89. The zero-order chi connectivity index (χ0) is 19.8. The van der Waals surface area contributed by atoms with Gasteiger partial charge < -0.3 is 4.90 Å². The highest BCUT2D eigenvalue weighted by Gasteiger charge is 2.25. The summed E-state index contributed by atoms with van der Waals surface area (Å²) in [6, 6.07) is 20.4. The van der Waals surface area contributed by atoms with Gasteiger partial charge in [0.2, 0.25) is 0 Å². The highest BCUT2D eigenvalue weighted by Crippen LogP contribution is 2.30. The number of benzene rings is 2. The molecule has 0 aromatic heterocycles. The average molecular weight is 373 g/mol. The average Bonchev–Trinajstić information content (AvgIpc) is 2.74. The Labute approximate surface area is 170 Å². The van der Waals surface area contributed by atoms with Crippen molar-refractivity contribution in [2.45, 2.75) is 18.9 Å². The lowest BCUT2D eigenvalue weighted by atomic mass is 9.94. The number of rotatable bonds is 8. The van der Waals surface area contributed by atoms with E-state index in [9.17, 15) is 0 Å². The van der Waals surface area contributed by atoms with Crippen LogP contribution in [0.25, 0.3) is 0 Å². The van der Waals surface area contributed by atoms with Gasteiger partial charge in [0, 0.05) is 26.2 Å². The predicted octanol–water partition coefficient (Wildman–Crippen LogP) is 5.25. The van der Waals surface area contributed by atoms with Gasteiger partial charge in [0.15, 0.2) is 0 Å². The zero-order valence-corrected chi connectivity index (χ0v) is 17.1. The van der Waals surface area contributed by atoms with Gasteiger partial charge >= 0.3 is 0 Å². The van der Waals surface area contributed by atoms with Crippen molar-refractivity contribution in [2.75, 3.05) is 33.2 Å². The molecule has 1 fully saturated rings. The van der Waals surface area contributed by atoms with Crippen LogP contribution in [0.1, 0.15) is 29.2 Å². The van der Waals surface area contributed by atoms with Crippen LogP contribution >= 0.6 is 0 Å². The van der Waals surface area contributed by atoms with Gasteiger partial charge in [-0.2, -0.15) is 0 Å². The molecule has 1 heterocycles. The van der Waals surface area contributed by atoms with E-state index in [1.807, 2.05) is 18.2 Å². The third-order valence-electron chi connectivity index (χ3n) is 5.61. The summed E-state index contributed by atoms with van der Waals surface area (Å²) in [7, 11) is 2.21. The molecule has 1 saturated heterocycles. The smallest absolute Gasteiger partial charge is 0.0602 e. The maximum Gasteiger partial charge on any atom is 0.0602 e. The van der Waals surface area contributed by atoms with Gasteiger partial charge in [0.25, 0.3) is 0 Å². The second kappa shape index (κ2) is 10.2. The van der Waals surface area contributed by atoms with Crippen molar-refractivity contribution >= 4 is 0 Å². The number of aryl methyl sites for hydroxylation is 1. The Morgan fingerprint density at radius 1 is 0.929 bits per heavy atom. The Bertz CT molecular complexity index is 781. The fraction of sp³-hybridized carbons (Fsp3) is 0.308. The summed E-state index contributed by atoms with van der Waals surface area (Å²) in [6.45, 7) is 12.1. The second-order valence-electron chi connectivity index (χ2n) is 7.58. The summed E-state index contributed by atoms with van der Waals surface area (Å²) in [5.74, 6) is 0. The number of allylic oxidation sites excluding steroid dienone is 4. The molecule has 0 saturated carbocycles. The summed E-state index contributed by atoms with van der Waals surface area (Å²) in [4.78, 5) is 5.03. The Balaban J connectivity index is 1.78. The Hall–Kier alpha value is -2.42. The lowest BCUT2D eigenvalue weighted by molar-refractivity contribution is 0.127. The lowest BCUT2D eigenvalue weighted by Gasteiger charge is -2.38. The van der Waals surface area contributed by atoms with Crippen LogP contribution in [0.4, 0.5) is 0 Å². The van der Waals surface area contributed by atoms with Gasteiger partial charge in [-0.25, -0.2) is 0 Å². The number of hydrogen-bond acceptors (Lipinski definition) is 2. The number of hydrogen-bond donors (Lipinski definition) is 0. The summed E-state index contributed by atoms with van der Waals surface area (Å²) in [6.07, 6.45) is 7.82. The largest absolute Gasteiger partial charge is 0.304 e. The van der Waals surface area contributed by atoms with Gasteiger partial charge in [-0.3, -0.25) is 4.90 Å². The fourth-order valence-electron chi connectivity index (χ4n) is 3.89. The van der Waals surface area contributed by atoms with Crippen molar-refractivity contribution in [2.24, 2.45) is 0 Å². The summed E-state index contributed by atoms with van der Waals surface area (Å²) in [5.41, 5.74) is 5.36. The summed E-state index contributed by atoms with van der Waals surface area (Å²) < 4.78 is 0. The zero-order valence-electron chi connectivity index (χ0n) is 17.1. The molecule has 1 aliphatic heterocycles. The molecule has 146 valence electrons. The first-order chi connectivity index (χ1) is 13.7. The topological polar surface area (TPSA) is 6.48 Å². The normalized spacial score (nSPS) is 17.2. The number of nitrogens with zero attached hydrogens (tertiary/aromatic N) is 2. The van der Waals surface area contributed by atoms with E-state index in [-0.39, 0.29) is 0 Å². The molecule has 0 aliphatic carbocycles. The molecule has 1 aliphatic rings. The fourth-order valence-corrected chi connectivity index (χ4v) is 3.89. The van der Waals surface area contributed by atoms with E-state index in [1.54, 1.807) is 0 Å². The van der Waals surface area contributed by atoms with E-state index < -0.39 is 0 Å². The molecule has 1 unspecified atom stereocenters. The van der Waals surface area contributed by atoms with Gasteiger partial charge in [-0.15, -0.1) is 0 Å². The molecule has 2 aromatic rings. The minimum absolute atomic E-state index is 0.327. The van der Waals surface area contributed by atoms with Crippen molar-refractivity contribution in [3.8, 4) is 0 Å².